The number of rotatable bonds is 7. The first-order chi connectivity index (χ1) is 14.2. The van der Waals surface area contributed by atoms with E-state index in [1.165, 1.54) is 5.56 Å². The summed E-state index contributed by atoms with van der Waals surface area (Å²) in [6.07, 6.45) is 1.02. The Morgan fingerprint density at radius 1 is 1.14 bits per heavy atom. The number of ether oxygens (including phenoxy) is 2. The van der Waals surface area contributed by atoms with E-state index in [4.69, 9.17) is 14.6 Å². The zero-order chi connectivity index (χ0) is 20.2. The molecule has 1 amide bonds. The second-order valence-corrected chi connectivity index (χ2v) is 7.76. The number of fused-ring (bicyclic) bond motifs is 1. The Bertz CT molecular complexity index is 870. The molecule has 2 aliphatic heterocycles. The molecular formula is C23H28N2O4. The van der Waals surface area contributed by atoms with Gasteiger partial charge in [0.15, 0.2) is 0 Å². The van der Waals surface area contributed by atoms with Crippen LogP contribution in [0.25, 0.3) is 0 Å². The van der Waals surface area contributed by atoms with Gasteiger partial charge >= 0.3 is 0 Å². The van der Waals surface area contributed by atoms with Gasteiger partial charge in [0.1, 0.15) is 18.1 Å². The van der Waals surface area contributed by atoms with E-state index in [2.05, 4.69) is 29.7 Å². The molecule has 29 heavy (non-hydrogen) atoms. The molecule has 0 saturated carbocycles. The van der Waals surface area contributed by atoms with Crippen molar-refractivity contribution in [3.8, 4) is 11.5 Å². The van der Waals surface area contributed by atoms with Crippen molar-refractivity contribution in [2.45, 2.75) is 31.8 Å². The van der Waals surface area contributed by atoms with Crippen LogP contribution < -0.4 is 20.1 Å². The maximum absolute atomic E-state index is 11.9. The molecule has 0 bridgehead atoms. The molecule has 154 valence electrons. The van der Waals surface area contributed by atoms with E-state index < -0.39 is 0 Å². The molecule has 0 radical (unpaired) electrons. The number of aliphatic hydroxyl groups is 1. The number of piperidine rings is 1. The highest BCUT2D eigenvalue weighted by Gasteiger charge is 2.32. The van der Waals surface area contributed by atoms with Crippen LogP contribution in [0.3, 0.4) is 0 Å². The quantitative estimate of drug-likeness (QED) is 0.670. The van der Waals surface area contributed by atoms with Crippen molar-refractivity contribution >= 4 is 5.91 Å². The van der Waals surface area contributed by atoms with Crippen LogP contribution >= 0.6 is 0 Å². The van der Waals surface area contributed by atoms with E-state index in [9.17, 15) is 4.79 Å². The summed E-state index contributed by atoms with van der Waals surface area (Å²) in [5.41, 5.74) is 2.96. The van der Waals surface area contributed by atoms with Crippen LogP contribution in [0.4, 0.5) is 0 Å². The number of hydrogen-bond acceptors (Lipinski definition) is 5. The van der Waals surface area contributed by atoms with Gasteiger partial charge in [0.25, 0.3) is 5.91 Å². The van der Waals surface area contributed by atoms with Gasteiger partial charge in [-0.05, 0) is 61.2 Å². The molecule has 0 aromatic heterocycles. The van der Waals surface area contributed by atoms with E-state index in [0.29, 0.717) is 43.2 Å². The van der Waals surface area contributed by atoms with E-state index in [0.717, 1.165) is 30.0 Å². The fourth-order valence-electron chi connectivity index (χ4n) is 4.33. The molecular weight excluding hydrogens is 368 g/mol. The molecule has 1 saturated heterocycles. The van der Waals surface area contributed by atoms with Crippen molar-refractivity contribution in [3.05, 3.63) is 59.2 Å². The highest BCUT2D eigenvalue weighted by molar-refractivity contribution is 5.98. The summed E-state index contributed by atoms with van der Waals surface area (Å²) in [4.78, 5) is 11.9. The maximum atomic E-state index is 11.9. The molecule has 3 N–H and O–H groups in total. The third-order valence-electron chi connectivity index (χ3n) is 5.93. The van der Waals surface area contributed by atoms with Crippen LogP contribution in [-0.2, 0) is 6.54 Å². The van der Waals surface area contributed by atoms with Crippen molar-refractivity contribution in [1.82, 2.24) is 10.6 Å². The van der Waals surface area contributed by atoms with Gasteiger partial charge in [-0.25, -0.2) is 0 Å². The molecule has 2 heterocycles. The van der Waals surface area contributed by atoms with Crippen molar-refractivity contribution in [1.29, 1.82) is 0 Å². The van der Waals surface area contributed by atoms with Gasteiger partial charge in [-0.2, -0.15) is 0 Å². The van der Waals surface area contributed by atoms with Gasteiger partial charge in [-0.15, -0.1) is 0 Å². The lowest BCUT2D eigenvalue weighted by Gasteiger charge is -2.37. The van der Waals surface area contributed by atoms with E-state index in [1.807, 2.05) is 30.3 Å². The zero-order valence-corrected chi connectivity index (χ0v) is 16.7. The third-order valence-corrected chi connectivity index (χ3v) is 5.93. The molecule has 3 unspecified atom stereocenters. The molecule has 3 atom stereocenters. The molecule has 1 fully saturated rings. The topological polar surface area (TPSA) is 79.8 Å². The lowest BCUT2D eigenvalue weighted by Crippen LogP contribution is -2.45. The van der Waals surface area contributed by atoms with E-state index in [-0.39, 0.29) is 12.5 Å². The predicted molar refractivity (Wildman–Crippen MR) is 110 cm³/mol. The molecule has 2 aromatic carbocycles. The van der Waals surface area contributed by atoms with Gasteiger partial charge in [0.2, 0.25) is 0 Å². The van der Waals surface area contributed by atoms with E-state index in [1.54, 1.807) is 0 Å². The summed E-state index contributed by atoms with van der Waals surface area (Å²) in [6.45, 7) is 4.62. The number of carbonyl (C=O) groups is 1. The van der Waals surface area contributed by atoms with Gasteiger partial charge < -0.3 is 25.2 Å². The molecule has 4 rings (SSSR count). The number of nitrogens with one attached hydrogen (secondary N) is 2. The van der Waals surface area contributed by atoms with Crippen LogP contribution in [-0.4, -0.2) is 43.4 Å². The Hall–Kier alpha value is -2.57. The Labute approximate surface area is 171 Å². The predicted octanol–water partition coefficient (Wildman–Crippen LogP) is 2.46. The van der Waals surface area contributed by atoms with Crippen molar-refractivity contribution in [2.24, 2.45) is 5.92 Å². The summed E-state index contributed by atoms with van der Waals surface area (Å²) in [5, 5.41) is 15.4. The minimum Gasteiger partial charge on any atom is -0.493 e. The highest BCUT2D eigenvalue weighted by atomic mass is 16.5. The number of carbonyl (C=O) groups excluding carboxylic acids is 1. The van der Waals surface area contributed by atoms with Crippen molar-refractivity contribution in [2.75, 3.05) is 26.4 Å². The smallest absolute Gasteiger partial charge is 0.252 e. The average molecular weight is 396 g/mol. The monoisotopic (exact) mass is 396 g/mol. The Balaban J connectivity index is 1.49. The summed E-state index contributed by atoms with van der Waals surface area (Å²) < 4.78 is 11.7. The van der Waals surface area contributed by atoms with Crippen LogP contribution in [0, 0.1) is 5.92 Å². The molecule has 6 nitrogen and oxygen atoms in total. The van der Waals surface area contributed by atoms with E-state index >= 15 is 0 Å². The minimum atomic E-state index is -0.0317. The molecule has 0 spiro atoms. The van der Waals surface area contributed by atoms with Crippen LogP contribution in [0.5, 0.6) is 11.5 Å². The van der Waals surface area contributed by atoms with Crippen LogP contribution in [0.15, 0.2) is 42.5 Å². The second-order valence-electron chi connectivity index (χ2n) is 7.76. The lowest BCUT2D eigenvalue weighted by molar-refractivity contribution is 0.0965. The standard InChI is InChI=1S/C23H28N2O4/c1-15-22(14-29-19-6-5-17-13-25-23(27)21(17)12-19)20(7-8-24-15)16-3-2-4-18(11-16)28-10-9-26/h2-6,11-12,15,20,22,24,26H,7-10,13-14H2,1H3,(H,25,27). The first-order valence-electron chi connectivity index (χ1n) is 10.3. The Morgan fingerprint density at radius 2 is 2.00 bits per heavy atom. The summed E-state index contributed by atoms with van der Waals surface area (Å²) in [5.74, 6) is 2.13. The van der Waals surface area contributed by atoms with Gasteiger partial charge in [0, 0.05) is 24.1 Å². The molecule has 6 heteroatoms. The SMILES string of the molecule is CC1NCCC(c2cccc(OCCO)c2)C1COc1ccc2c(c1)C(=O)NC2. The summed E-state index contributed by atoms with van der Waals surface area (Å²) in [6, 6.07) is 14.2. The zero-order valence-electron chi connectivity index (χ0n) is 16.7. The summed E-state index contributed by atoms with van der Waals surface area (Å²) >= 11 is 0. The highest BCUT2D eigenvalue weighted by Crippen LogP contribution is 2.35. The number of aliphatic hydroxyl groups excluding tert-OH is 1. The lowest BCUT2D eigenvalue weighted by atomic mass is 9.77. The largest absolute Gasteiger partial charge is 0.493 e. The average Bonchev–Trinajstić information content (AvgIpc) is 3.11. The number of amides is 1. The summed E-state index contributed by atoms with van der Waals surface area (Å²) in [7, 11) is 0. The van der Waals surface area contributed by atoms with Gasteiger partial charge in [-0.3, -0.25) is 4.79 Å². The van der Waals surface area contributed by atoms with Crippen molar-refractivity contribution in [3.63, 3.8) is 0 Å². The Kier molecular flexibility index (Phi) is 6.02. The fraction of sp³-hybridized carbons (Fsp3) is 0.435. The minimum absolute atomic E-state index is 0.00385. The molecule has 2 aromatic rings. The van der Waals surface area contributed by atoms with Crippen molar-refractivity contribution < 1.29 is 19.4 Å². The van der Waals surface area contributed by atoms with Gasteiger partial charge in [0.05, 0.1) is 13.2 Å². The normalized spacial score (nSPS) is 23.4. The molecule has 0 aliphatic carbocycles. The number of hydrogen-bond donors (Lipinski definition) is 3. The first-order valence-corrected chi connectivity index (χ1v) is 10.3. The first kappa shape index (κ1) is 19.7. The second kappa shape index (κ2) is 8.84. The van der Waals surface area contributed by atoms with Gasteiger partial charge in [-0.1, -0.05) is 18.2 Å². The fourth-order valence-corrected chi connectivity index (χ4v) is 4.33. The third kappa shape index (κ3) is 4.38. The Morgan fingerprint density at radius 3 is 2.86 bits per heavy atom. The van der Waals surface area contributed by atoms with Crippen LogP contribution in [0.2, 0.25) is 0 Å². The molecule has 2 aliphatic rings. The maximum Gasteiger partial charge on any atom is 0.252 e. The number of benzene rings is 2. The van der Waals surface area contributed by atoms with Crippen LogP contribution in [0.1, 0.15) is 40.7 Å².